The van der Waals surface area contributed by atoms with Crippen LogP contribution in [0.15, 0.2) is 41.7 Å². The Morgan fingerprint density at radius 2 is 2.30 bits per heavy atom. The van der Waals surface area contributed by atoms with Crippen LogP contribution in [0.25, 0.3) is 0 Å². The highest BCUT2D eigenvalue weighted by molar-refractivity contribution is 5.92. The van der Waals surface area contributed by atoms with E-state index in [1.165, 1.54) is 6.07 Å². The highest BCUT2D eigenvalue weighted by Gasteiger charge is 2.29. The van der Waals surface area contributed by atoms with Gasteiger partial charge in [0.15, 0.2) is 0 Å². The molecule has 0 aromatic carbocycles. The van der Waals surface area contributed by atoms with Crippen LogP contribution in [-0.4, -0.2) is 26.5 Å². The topological polar surface area (TPSA) is 79.8 Å². The second-order valence-electron chi connectivity index (χ2n) is 5.02. The molecular formula is C14H16N4O2. The Morgan fingerprint density at radius 3 is 3.05 bits per heavy atom. The maximum atomic E-state index is 12.2. The van der Waals surface area contributed by atoms with E-state index >= 15 is 0 Å². The van der Waals surface area contributed by atoms with E-state index in [1.807, 2.05) is 10.8 Å². The number of carbonyl (C=O) groups excluding carboxylic acids is 1. The zero-order chi connectivity index (χ0) is 13.9. The van der Waals surface area contributed by atoms with Crippen molar-refractivity contribution in [2.24, 2.45) is 0 Å². The van der Waals surface area contributed by atoms with Gasteiger partial charge < -0.3 is 14.9 Å². The molecule has 1 amide bonds. The van der Waals surface area contributed by atoms with Crippen LogP contribution in [0.3, 0.4) is 0 Å². The Morgan fingerprint density at radius 1 is 1.40 bits per heavy atom. The third-order valence-corrected chi connectivity index (χ3v) is 3.72. The number of imidazole rings is 1. The number of H-pyrrole nitrogens is 1. The van der Waals surface area contributed by atoms with E-state index in [-0.39, 0.29) is 23.6 Å². The lowest BCUT2D eigenvalue weighted by atomic mass is 10.1. The van der Waals surface area contributed by atoms with Crippen LogP contribution in [0, 0.1) is 0 Å². The predicted octanol–water partition coefficient (Wildman–Crippen LogP) is 1.09. The first-order chi connectivity index (χ1) is 9.74. The fourth-order valence-electron chi connectivity index (χ4n) is 2.76. The van der Waals surface area contributed by atoms with Gasteiger partial charge in [0.1, 0.15) is 5.69 Å². The summed E-state index contributed by atoms with van der Waals surface area (Å²) in [5.41, 5.74) is 0.0315. The van der Waals surface area contributed by atoms with Gasteiger partial charge in [0.05, 0.1) is 12.4 Å². The predicted molar refractivity (Wildman–Crippen MR) is 73.4 cm³/mol. The molecule has 2 heterocycles. The number of hydrogen-bond donors (Lipinski definition) is 2. The number of aromatic amines is 1. The Balaban J connectivity index is 1.74. The molecule has 0 radical (unpaired) electrons. The van der Waals surface area contributed by atoms with Crippen LogP contribution in [0.1, 0.15) is 35.8 Å². The summed E-state index contributed by atoms with van der Waals surface area (Å²) in [6.45, 7) is 0. The van der Waals surface area contributed by atoms with Gasteiger partial charge in [-0.25, -0.2) is 4.98 Å². The summed E-state index contributed by atoms with van der Waals surface area (Å²) in [7, 11) is 0. The fourth-order valence-corrected chi connectivity index (χ4v) is 2.76. The molecule has 1 fully saturated rings. The summed E-state index contributed by atoms with van der Waals surface area (Å²) in [5.74, 6) is -0.236. The summed E-state index contributed by atoms with van der Waals surface area (Å²) < 4.78 is 2.03. The zero-order valence-corrected chi connectivity index (χ0v) is 11.0. The smallest absolute Gasteiger partial charge is 0.268 e. The molecule has 20 heavy (non-hydrogen) atoms. The minimum absolute atomic E-state index is 0.0698. The van der Waals surface area contributed by atoms with Gasteiger partial charge in [0.2, 0.25) is 5.56 Å². The molecular weight excluding hydrogens is 256 g/mol. The number of hydrogen-bond acceptors (Lipinski definition) is 3. The van der Waals surface area contributed by atoms with Crippen LogP contribution in [0.2, 0.25) is 0 Å². The second kappa shape index (κ2) is 5.32. The molecule has 2 aromatic rings. The third kappa shape index (κ3) is 2.49. The van der Waals surface area contributed by atoms with E-state index in [9.17, 15) is 9.59 Å². The number of carbonyl (C=O) groups is 1. The Bertz CT molecular complexity index is 647. The molecule has 1 saturated carbocycles. The van der Waals surface area contributed by atoms with Crippen LogP contribution in [0.4, 0.5) is 0 Å². The SMILES string of the molecule is O=C(NC1CCCC1n1ccnc1)c1cccc(=O)[nH]1. The largest absolute Gasteiger partial charge is 0.346 e. The second-order valence-corrected chi connectivity index (χ2v) is 5.02. The quantitative estimate of drug-likeness (QED) is 0.878. The summed E-state index contributed by atoms with van der Waals surface area (Å²) >= 11 is 0. The molecule has 104 valence electrons. The lowest BCUT2D eigenvalue weighted by Gasteiger charge is -2.22. The van der Waals surface area contributed by atoms with E-state index in [1.54, 1.807) is 24.7 Å². The Hall–Kier alpha value is -2.37. The summed E-state index contributed by atoms with van der Waals surface area (Å²) in [6, 6.07) is 4.88. The van der Waals surface area contributed by atoms with E-state index in [4.69, 9.17) is 0 Å². The average Bonchev–Trinajstić information content (AvgIpc) is 3.08. The molecule has 2 unspecified atom stereocenters. The minimum Gasteiger partial charge on any atom is -0.346 e. The first kappa shape index (κ1) is 12.7. The normalized spacial score (nSPS) is 21.8. The molecule has 2 N–H and O–H groups in total. The summed E-state index contributed by atoms with van der Waals surface area (Å²) in [6.07, 6.45) is 8.46. The first-order valence-electron chi connectivity index (χ1n) is 6.72. The molecule has 1 aliphatic carbocycles. The van der Waals surface area contributed by atoms with Crippen molar-refractivity contribution in [2.75, 3.05) is 0 Å². The van der Waals surface area contributed by atoms with Crippen molar-refractivity contribution in [3.8, 4) is 0 Å². The first-order valence-corrected chi connectivity index (χ1v) is 6.72. The number of rotatable bonds is 3. The lowest BCUT2D eigenvalue weighted by Crippen LogP contribution is -2.38. The van der Waals surface area contributed by atoms with Crippen molar-refractivity contribution in [3.05, 3.63) is 53.0 Å². The van der Waals surface area contributed by atoms with Crippen molar-refractivity contribution >= 4 is 5.91 Å². The van der Waals surface area contributed by atoms with Gasteiger partial charge in [-0.15, -0.1) is 0 Å². The average molecular weight is 272 g/mol. The Labute approximate surface area is 115 Å². The highest BCUT2D eigenvalue weighted by Crippen LogP contribution is 2.29. The van der Waals surface area contributed by atoms with Gasteiger partial charge in [0, 0.05) is 24.5 Å². The molecule has 6 nitrogen and oxygen atoms in total. The molecule has 0 saturated heterocycles. The van der Waals surface area contributed by atoms with E-state index in [0.29, 0.717) is 5.69 Å². The summed E-state index contributed by atoms with van der Waals surface area (Å²) in [5, 5.41) is 3.00. The van der Waals surface area contributed by atoms with Crippen molar-refractivity contribution in [1.82, 2.24) is 19.9 Å². The van der Waals surface area contributed by atoms with Gasteiger partial charge in [-0.1, -0.05) is 6.07 Å². The molecule has 6 heteroatoms. The number of nitrogens with one attached hydrogen (secondary N) is 2. The van der Waals surface area contributed by atoms with E-state index < -0.39 is 0 Å². The van der Waals surface area contributed by atoms with Crippen molar-refractivity contribution in [3.63, 3.8) is 0 Å². The summed E-state index contributed by atoms with van der Waals surface area (Å²) in [4.78, 5) is 30.0. The molecule has 1 aliphatic rings. The van der Waals surface area contributed by atoms with Crippen LogP contribution >= 0.6 is 0 Å². The van der Waals surface area contributed by atoms with Gasteiger partial charge in [-0.05, 0) is 25.3 Å². The standard InChI is InChI=1S/C14H16N4O2/c19-13-6-2-4-11(16-13)14(20)17-10-3-1-5-12(10)18-8-7-15-9-18/h2,4,6-10,12H,1,3,5H2,(H,16,19)(H,17,20). The van der Waals surface area contributed by atoms with Crippen LogP contribution < -0.4 is 10.9 Å². The van der Waals surface area contributed by atoms with Crippen molar-refractivity contribution < 1.29 is 4.79 Å². The molecule has 3 rings (SSSR count). The van der Waals surface area contributed by atoms with Gasteiger partial charge in [-0.2, -0.15) is 0 Å². The molecule has 0 spiro atoms. The van der Waals surface area contributed by atoms with Crippen LogP contribution in [-0.2, 0) is 0 Å². The maximum absolute atomic E-state index is 12.2. The minimum atomic E-state index is -0.268. The Kier molecular flexibility index (Phi) is 3.37. The molecule has 2 atom stereocenters. The number of amides is 1. The maximum Gasteiger partial charge on any atom is 0.268 e. The lowest BCUT2D eigenvalue weighted by molar-refractivity contribution is 0.0923. The third-order valence-electron chi connectivity index (χ3n) is 3.72. The molecule has 0 aliphatic heterocycles. The number of aromatic nitrogens is 3. The van der Waals surface area contributed by atoms with Gasteiger partial charge >= 0.3 is 0 Å². The van der Waals surface area contributed by atoms with Gasteiger partial charge in [0.25, 0.3) is 5.91 Å². The van der Waals surface area contributed by atoms with Crippen molar-refractivity contribution in [2.45, 2.75) is 31.3 Å². The monoisotopic (exact) mass is 272 g/mol. The van der Waals surface area contributed by atoms with E-state index in [0.717, 1.165) is 19.3 Å². The molecule has 2 aromatic heterocycles. The fraction of sp³-hybridized carbons (Fsp3) is 0.357. The number of pyridine rings is 1. The molecule has 0 bridgehead atoms. The highest BCUT2D eigenvalue weighted by atomic mass is 16.2. The number of nitrogens with zero attached hydrogens (tertiary/aromatic N) is 2. The van der Waals surface area contributed by atoms with Crippen molar-refractivity contribution in [1.29, 1.82) is 0 Å². The van der Waals surface area contributed by atoms with Gasteiger partial charge in [-0.3, -0.25) is 9.59 Å². The zero-order valence-electron chi connectivity index (χ0n) is 11.0. The van der Waals surface area contributed by atoms with E-state index in [2.05, 4.69) is 15.3 Å². The van der Waals surface area contributed by atoms with Crippen LogP contribution in [0.5, 0.6) is 0 Å².